The largest absolute Gasteiger partial charge is 0.316 e. The second kappa shape index (κ2) is 6.64. The van der Waals surface area contributed by atoms with Gasteiger partial charge in [0.1, 0.15) is 0 Å². The van der Waals surface area contributed by atoms with Crippen molar-refractivity contribution in [3.63, 3.8) is 0 Å². The first-order valence-electron chi connectivity index (χ1n) is 7.30. The van der Waals surface area contributed by atoms with Gasteiger partial charge in [-0.25, -0.2) is 0 Å². The van der Waals surface area contributed by atoms with E-state index >= 15 is 0 Å². The quantitative estimate of drug-likeness (QED) is 0.764. The van der Waals surface area contributed by atoms with E-state index in [2.05, 4.69) is 39.9 Å². The van der Waals surface area contributed by atoms with Crippen LogP contribution in [0.2, 0.25) is 0 Å². The normalized spacial score (nSPS) is 38.1. The smallest absolute Gasteiger partial charge is 0.00203 e. The van der Waals surface area contributed by atoms with Crippen molar-refractivity contribution < 1.29 is 0 Å². The van der Waals surface area contributed by atoms with Crippen molar-refractivity contribution in [2.45, 2.75) is 53.9 Å². The fourth-order valence-corrected chi connectivity index (χ4v) is 3.43. The van der Waals surface area contributed by atoms with Crippen LogP contribution in [0.15, 0.2) is 0 Å². The molecule has 1 fully saturated rings. The molecule has 0 aromatic rings. The molecule has 96 valence electrons. The molecular weight excluding hydrogens is 194 g/mol. The molecule has 0 saturated carbocycles. The Bertz CT molecular complexity index is 190. The van der Waals surface area contributed by atoms with Crippen LogP contribution in [0.1, 0.15) is 53.9 Å². The van der Waals surface area contributed by atoms with E-state index in [1.165, 1.54) is 32.4 Å². The zero-order valence-corrected chi connectivity index (χ0v) is 11.9. The summed E-state index contributed by atoms with van der Waals surface area (Å²) in [6.45, 7) is 14.4. The second-order valence-electron chi connectivity index (χ2n) is 6.10. The Morgan fingerprint density at radius 3 is 2.12 bits per heavy atom. The van der Waals surface area contributed by atoms with E-state index in [9.17, 15) is 0 Å². The van der Waals surface area contributed by atoms with E-state index in [4.69, 9.17) is 0 Å². The van der Waals surface area contributed by atoms with Crippen LogP contribution in [0, 0.1) is 29.6 Å². The van der Waals surface area contributed by atoms with Gasteiger partial charge in [0.05, 0.1) is 0 Å². The highest BCUT2D eigenvalue weighted by molar-refractivity contribution is 4.84. The van der Waals surface area contributed by atoms with E-state index in [1.54, 1.807) is 0 Å². The molecule has 0 bridgehead atoms. The van der Waals surface area contributed by atoms with Crippen LogP contribution in [0.3, 0.4) is 0 Å². The van der Waals surface area contributed by atoms with Gasteiger partial charge in [-0.15, -0.1) is 0 Å². The maximum absolute atomic E-state index is 3.63. The summed E-state index contributed by atoms with van der Waals surface area (Å²) in [4.78, 5) is 0. The molecule has 0 aliphatic carbocycles. The molecule has 0 amide bonds. The minimum atomic E-state index is 0.851. The van der Waals surface area contributed by atoms with Gasteiger partial charge in [-0.2, -0.15) is 0 Å². The predicted molar refractivity (Wildman–Crippen MR) is 72.5 cm³/mol. The first-order chi connectivity index (χ1) is 7.60. The number of hydrogen-bond donors (Lipinski definition) is 1. The maximum Gasteiger partial charge on any atom is -0.00203 e. The van der Waals surface area contributed by atoms with Gasteiger partial charge < -0.3 is 5.32 Å². The van der Waals surface area contributed by atoms with Crippen molar-refractivity contribution in [3.8, 4) is 0 Å². The van der Waals surface area contributed by atoms with Crippen LogP contribution >= 0.6 is 0 Å². The maximum atomic E-state index is 3.63. The Kier molecular flexibility index (Phi) is 5.82. The Hall–Kier alpha value is -0.0400. The molecule has 16 heavy (non-hydrogen) atoms. The summed E-state index contributed by atoms with van der Waals surface area (Å²) in [5.74, 6) is 4.46. The SMILES string of the molecule is CCC(C)CC1C(C)CNCC(C)C1CC. The van der Waals surface area contributed by atoms with Gasteiger partial charge in [0.25, 0.3) is 0 Å². The summed E-state index contributed by atoms with van der Waals surface area (Å²) in [7, 11) is 0. The summed E-state index contributed by atoms with van der Waals surface area (Å²) in [6, 6.07) is 0. The van der Waals surface area contributed by atoms with E-state index in [0.717, 1.165) is 29.6 Å². The lowest BCUT2D eigenvalue weighted by Gasteiger charge is -2.33. The fraction of sp³-hybridized carbons (Fsp3) is 1.00. The van der Waals surface area contributed by atoms with Gasteiger partial charge in [-0.3, -0.25) is 0 Å². The highest BCUT2D eigenvalue weighted by atomic mass is 14.9. The molecule has 5 unspecified atom stereocenters. The van der Waals surface area contributed by atoms with Crippen molar-refractivity contribution in [2.24, 2.45) is 29.6 Å². The Balaban J connectivity index is 2.70. The third kappa shape index (κ3) is 3.48. The van der Waals surface area contributed by atoms with Gasteiger partial charge in [-0.05, 0) is 49.1 Å². The van der Waals surface area contributed by atoms with Crippen LogP contribution in [-0.4, -0.2) is 13.1 Å². The Labute approximate surface area is 102 Å². The van der Waals surface area contributed by atoms with Crippen LogP contribution in [0.5, 0.6) is 0 Å². The lowest BCUT2D eigenvalue weighted by Crippen LogP contribution is -2.27. The molecular formula is C15H31N. The van der Waals surface area contributed by atoms with Crippen LogP contribution in [-0.2, 0) is 0 Å². The van der Waals surface area contributed by atoms with Crippen molar-refractivity contribution in [1.29, 1.82) is 0 Å². The fourth-order valence-electron chi connectivity index (χ4n) is 3.43. The molecule has 1 rings (SSSR count). The van der Waals surface area contributed by atoms with Gasteiger partial charge in [0.2, 0.25) is 0 Å². The third-order valence-corrected chi connectivity index (χ3v) is 4.79. The van der Waals surface area contributed by atoms with E-state index in [1.807, 2.05) is 0 Å². The highest BCUT2D eigenvalue weighted by Gasteiger charge is 2.32. The van der Waals surface area contributed by atoms with Gasteiger partial charge in [-0.1, -0.05) is 47.5 Å². The highest BCUT2D eigenvalue weighted by Crippen LogP contribution is 2.36. The molecule has 1 saturated heterocycles. The monoisotopic (exact) mass is 225 g/mol. The minimum absolute atomic E-state index is 0.851. The third-order valence-electron chi connectivity index (χ3n) is 4.79. The number of rotatable bonds is 4. The van der Waals surface area contributed by atoms with Gasteiger partial charge in [0, 0.05) is 0 Å². The molecule has 1 aliphatic heterocycles. The first-order valence-corrected chi connectivity index (χ1v) is 7.30. The number of hydrogen-bond acceptors (Lipinski definition) is 1. The topological polar surface area (TPSA) is 12.0 Å². The molecule has 0 aromatic carbocycles. The van der Waals surface area contributed by atoms with Crippen molar-refractivity contribution in [1.82, 2.24) is 5.32 Å². The standard InChI is InChI=1S/C15H31N/c1-6-11(3)8-15-13(5)10-16-9-12(4)14(15)7-2/h11-16H,6-10H2,1-5H3. The Morgan fingerprint density at radius 1 is 1.06 bits per heavy atom. The van der Waals surface area contributed by atoms with Crippen LogP contribution in [0.25, 0.3) is 0 Å². The molecule has 1 aliphatic rings. The molecule has 1 heterocycles. The van der Waals surface area contributed by atoms with Crippen molar-refractivity contribution >= 4 is 0 Å². The zero-order valence-electron chi connectivity index (χ0n) is 11.9. The lowest BCUT2D eigenvalue weighted by molar-refractivity contribution is 0.166. The van der Waals surface area contributed by atoms with Gasteiger partial charge in [0.15, 0.2) is 0 Å². The first kappa shape index (κ1) is 14.0. The van der Waals surface area contributed by atoms with E-state index in [-0.39, 0.29) is 0 Å². The molecule has 1 N–H and O–H groups in total. The molecule has 0 spiro atoms. The average Bonchev–Trinajstić information content (AvgIpc) is 2.39. The van der Waals surface area contributed by atoms with Gasteiger partial charge >= 0.3 is 0 Å². The minimum Gasteiger partial charge on any atom is -0.316 e. The van der Waals surface area contributed by atoms with Crippen LogP contribution < -0.4 is 5.32 Å². The summed E-state index contributed by atoms with van der Waals surface area (Å²) in [5, 5.41) is 3.63. The lowest BCUT2D eigenvalue weighted by atomic mass is 9.72. The molecule has 0 radical (unpaired) electrons. The van der Waals surface area contributed by atoms with Crippen molar-refractivity contribution in [2.75, 3.05) is 13.1 Å². The summed E-state index contributed by atoms with van der Waals surface area (Å²) in [5.41, 5.74) is 0. The number of nitrogens with one attached hydrogen (secondary N) is 1. The van der Waals surface area contributed by atoms with E-state index in [0.29, 0.717) is 0 Å². The summed E-state index contributed by atoms with van der Waals surface area (Å²) in [6.07, 6.45) is 4.12. The van der Waals surface area contributed by atoms with Crippen molar-refractivity contribution in [3.05, 3.63) is 0 Å². The zero-order chi connectivity index (χ0) is 12.1. The molecule has 1 nitrogen and oxygen atoms in total. The summed E-state index contributed by atoms with van der Waals surface area (Å²) < 4.78 is 0. The predicted octanol–water partition coefficient (Wildman–Crippen LogP) is 3.94. The van der Waals surface area contributed by atoms with Crippen LogP contribution in [0.4, 0.5) is 0 Å². The molecule has 5 atom stereocenters. The molecule has 1 heteroatoms. The average molecular weight is 225 g/mol. The Morgan fingerprint density at radius 2 is 1.62 bits per heavy atom. The second-order valence-corrected chi connectivity index (χ2v) is 6.10. The molecule has 0 aromatic heterocycles. The summed E-state index contributed by atoms with van der Waals surface area (Å²) >= 11 is 0. The van der Waals surface area contributed by atoms with E-state index < -0.39 is 0 Å².